The lowest BCUT2D eigenvalue weighted by Gasteiger charge is -2.26. The first kappa shape index (κ1) is 23.1. The molecule has 3 rings (SSSR count). The molecule has 8 nitrogen and oxygen atoms in total. The zero-order valence-electron chi connectivity index (χ0n) is 17.7. The second kappa shape index (κ2) is 11.1. The molecule has 1 fully saturated rings. The summed E-state index contributed by atoms with van der Waals surface area (Å²) in [6.07, 6.45) is 0.791. The minimum Gasteiger partial charge on any atom is -0.497 e. The van der Waals surface area contributed by atoms with Gasteiger partial charge in [-0.2, -0.15) is 0 Å². The maximum Gasteiger partial charge on any atom is 0.264 e. The monoisotopic (exact) mass is 447 g/mol. The Morgan fingerprint density at radius 3 is 2.42 bits per heavy atom. The van der Waals surface area contributed by atoms with Crippen LogP contribution < -0.4 is 14.4 Å². The molecule has 0 radical (unpaired) electrons. The van der Waals surface area contributed by atoms with E-state index >= 15 is 0 Å². The molecular weight excluding hydrogens is 418 g/mol. The van der Waals surface area contributed by atoms with Gasteiger partial charge in [0.25, 0.3) is 10.0 Å². The van der Waals surface area contributed by atoms with Crippen LogP contribution in [0.15, 0.2) is 59.5 Å². The standard InChI is InChI=1S/C22H29N3O5S/c1-29-20-10-8-19(9-11-20)25(31(27,28)21-6-3-2-4-7-21)18-22(26)23-12-5-13-24-14-16-30-17-15-24/h2-4,6-11H,5,12-18H2,1H3,(H,23,26). The number of methoxy groups -OCH3 is 1. The van der Waals surface area contributed by atoms with Crippen molar-refractivity contribution in [2.75, 3.05) is 57.4 Å². The summed E-state index contributed by atoms with van der Waals surface area (Å²) in [5.74, 6) is 0.255. The van der Waals surface area contributed by atoms with E-state index in [1.165, 1.54) is 19.2 Å². The average Bonchev–Trinajstić information content (AvgIpc) is 2.81. The maximum atomic E-state index is 13.3. The quantitative estimate of drug-likeness (QED) is 0.558. The molecule has 0 unspecified atom stereocenters. The van der Waals surface area contributed by atoms with E-state index in [0.717, 1.165) is 43.6 Å². The smallest absolute Gasteiger partial charge is 0.264 e. The van der Waals surface area contributed by atoms with Crippen molar-refractivity contribution in [1.29, 1.82) is 0 Å². The molecule has 0 bridgehead atoms. The van der Waals surface area contributed by atoms with Gasteiger partial charge in [0, 0.05) is 19.6 Å². The minimum atomic E-state index is -3.91. The molecule has 2 aromatic carbocycles. The van der Waals surface area contributed by atoms with Gasteiger partial charge in [0.05, 0.1) is 30.9 Å². The van der Waals surface area contributed by atoms with Crippen molar-refractivity contribution in [3.63, 3.8) is 0 Å². The Balaban J connectivity index is 1.66. The van der Waals surface area contributed by atoms with Crippen molar-refractivity contribution < 1.29 is 22.7 Å². The number of hydrogen-bond acceptors (Lipinski definition) is 6. The number of carbonyl (C=O) groups is 1. The van der Waals surface area contributed by atoms with Gasteiger partial charge >= 0.3 is 0 Å². The van der Waals surface area contributed by atoms with Crippen LogP contribution in [0.25, 0.3) is 0 Å². The Hall–Kier alpha value is -2.62. The van der Waals surface area contributed by atoms with Crippen LogP contribution in [0.5, 0.6) is 5.75 Å². The summed E-state index contributed by atoms with van der Waals surface area (Å²) in [6.45, 7) is 4.32. The van der Waals surface area contributed by atoms with Crippen LogP contribution in [-0.2, 0) is 19.6 Å². The van der Waals surface area contributed by atoms with Crippen LogP contribution >= 0.6 is 0 Å². The molecule has 0 aromatic heterocycles. The van der Waals surface area contributed by atoms with E-state index in [1.807, 2.05) is 0 Å². The van der Waals surface area contributed by atoms with Gasteiger partial charge in [0.15, 0.2) is 0 Å². The predicted molar refractivity (Wildman–Crippen MR) is 119 cm³/mol. The lowest BCUT2D eigenvalue weighted by molar-refractivity contribution is -0.119. The van der Waals surface area contributed by atoms with Gasteiger partial charge in [-0.1, -0.05) is 18.2 Å². The first-order valence-electron chi connectivity index (χ1n) is 10.3. The summed E-state index contributed by atoms with van der Waals surface area (Å²) in [6, 6.07) is 14.7. The average molecular weight is 448 g/mol. The van der Waals surface area contributed by atoms with E-state index in [2.05, 4.69) is 10.2 Å². The molecular formula is C22H29N3O5S. The Kier molecular flexibility index (Phi) is 8.27. The number of hydrogen-bond donors (Lipinski definition) is 1. The Morgan fingerprint density at radius 2 is 1.77 bits per heavy atom. The number of anilines is 1. The summed E-state index contributed by atoms with van der Waals surface area (Å²) >= 11 is 0. The van der Waals surface area contributed by atoms with Crippen LogP contribution in [0.1, 0.15) is 6.42 Å². The summed E-state index contributed by atoms with van der Waals surface area (Å²) in [4.78, 5) is 15.0. The van der Waals surface area contributed by atoms with E-state index in [4.69, 9.17) is 9.47 Å². The molecule has 1 heterocycles. The van der Waals surface area contributed by atoms with Crippen molar-refractivity contribution in [3.8, 4) is 5.75 Å². The van der Waals surface area contributed by atoms with Crippen LogP contribution in [-0.4, -0.2) is 72.3 Å². The lowest BCUT2D eigenvalue weighted by atomic mass is 10.3. The highest BCUT2D eigenvalue weighted by atomic mass is 32.2. The Bertz CT molecular complexity index is 929. The highest BCUT2D eigenvalue weighted by Crippen LogP contribution is 2.25. The summed E-state index contributed by atoms with van der Waals surface area (Å²) in [7, 11) is -2.37. The van der Waals surface area contributed by atoms with E-state index in [0.29, 0.717) is 18.0 Å². The topological polar surface area (TPSA) is 88.2 Å². The molecule has 0 aliphatic carbocycles. The second-order valence-corrected chi connectivity index (χ2v) is 9.04. The molecule has 1 saturated heterocycles. The van der Waals surface area contributed by atoms with Crippen molar-refractivity contribution in [1.82, 2.24) is 10.2 Å². The molecule has 168 valence electrons. The summed E-state index contributed by atoms with van der Waals surface area (Å²) in [5, 5.41) is 2.84. The van der Waals surface area contributed by atoms with Gasteiger partial charge < -0.3 is 14.8 Å². The fraction of sp³-hybridized carbons (Fsp3) is 0.409. The first-order valence-corrected chi connectivity index (χ1v) is 11.7. The van der Waals surface area contributed by atoms with Gasteiger partial charge in [-0.05, 0) is 49.4 Å². The van der Waals surface area contributed by atoms with Crippen LogP contribution in [0.2, 0.25) is 0 Å². The van der Waals surface area contributed by atoms with E-state index in [9.17, 15) is 13.2 Å². The molecule has 31 heavy (non-hydrogen) atoms. The van der Waals surface area contributed by atoms with Crippen molar-refractivity contribution in [3.05, 3.63) is 54.6 Å². The molecule has 0 saturated carbocycles. The van der Waals surface area contributed by atoms with Crippen molar-refractivity contribution in [2.24, 2.45) is 0 Å². The number of nitrogens with zero attached hydrogens (tertiary/aromatic N) is 2. The number of carbonyl (C=O) groups excluding carboxylic acids is 1. The molecule has 1 aliphatic rings. The van der Waals surface area contributed by atoms with Crippen molar-refractivity contribution in [2.45, 2.75) is 11.3 Å². The minimum absolute atomic E-state index is 0.130. The van der Waals surface area contributed by atoms with Gasteiger partial charge in [-0.25, -0.2) is 8.42 Å². The zero-order chi connectivity index (χ0) is 22.1. The largest absolute Gasteiger partial charge is 0.497 e. The van der Waals surface area contributed by atoms with E-state index < -0.39 is 10.0 Å². The number of rotatable bonds is 10. The fourth-order valence-electron chi connectivity index (χ4n) is 3.32. The molecule has 1 N–H and O–H groups in total. The Morgan fingerprint density at radius 1 is 1.10 bits per heavy atom. The summed E-state index contributed by atoms with van der Waals surface area (Å²) in [5.41, 5.74) is 0.396. The number of ether oxygens (including phenoxy) is 2. The zero-order valence-corrected chi connectivity index (χ0v) is 18.5. The third-order valence-corrected chi connectivity index (χ3v) is 6.84. The number of sulfonamides is 1. The van der Waals surface area contributed by atoms with E-state index in [-0.39, 0.29) is 17.3 Å². The molecule has 0 spiro atoms. The highest BCUT2D eigenvalue weighted by molar-refractivity contribution is 7.92. The molecule has 1 aliphatic heterocycles. The van der Waals surface area contributed by atoms with Gasteiger partial charge in [-0.3, -0.25) is 14.0 Å². The van der Waals surface area contributed by atoms with Crippen LogP contribution in [0.3, 0.4) is 0 Å². The number of amides is 1. The normalized spacial score (nSPS) is 14.7. The molecule has 2 aromatic rings. The van der Waals surface area contributed by atoms with Crippen LogP contribution in [0.4, 0.5) is 5.69 Å². The maximum absolute atomic E-state index is 13.3. The predicted octanol–water partition coefficient (Wildman–Crippen LogP) is 1.73. The van der Waals surface area contributed by atoms with Gasteiger partial charge in [0.1, 0.15) is 12.3 Å². The second-order valence-electron chi connectivity index (χ2n) is 7.18. The number of nitrogens with one attached hydrogen (secondary N) is 1. The molecule has 0 atom stereocenters. The Labute approximate surface area is 183 Å². The molecule has 9 heteroatoms. The van der Waals surface area contributed by atoms with Crippen LogP contribution in [0, 0.1) is 0 Å². The first-order chi connectivity index (χ1) is 15.0. The van der Waals surface area contributed by atoms with Gasteiger partial charge in [0.2, 0.25) is 5.91 Å². The number of morpholine rings is 1. The lowest BCUT2D eigenvalue weighted by Crippen LogP contribution is -2.42. The fourth-order valence-corrected chi connectivity index (χ4v) is 4.77. The molecule has 1 amide bonds. The SMILES string of the molecule is COc1ccc(N(CC(=O)NCCCN2CCOCC2)S(=O)(=O)c2ccccc2)cc1. The van der Waals surface area contributed by atoms with Gasteiger partial charge in [-0.15, -0.1) is 0 Å². The van der Waals surface area contributed by atoms with Crippen molar-refractivity contribution >= 4 is 21.6 Å². The van der Waals surface area contributed by atoms with E-state index in [1.54, 1.807) is 42.5 Å². The third kappa shape index (κ3) is 6.43. The third-order valence-electron chi connectivity index (χ3n) is 5.06. The summed E-state index contributed by atoms with van der Waals surface area (Å²) < 4.78 is 38.1. The number of benzene rings is 2. The highest BCUT2D eigenvalue weighted by Gasteiger charge is 2.27.